The lowest BCUT2D eigenvalue weighted by atomic mass is 9.74. The molecular weight excluding hydrogens is 264 g/mol. The Balaban J connectivity index is 3.10. The smallest absolute Gasteiger partial charge is 0.423 e. The minimum Gasteiger partial charge on any atom is -0.423 e. The Bertz CT molecular complexity index is 514. The largest absolute Gasteiger partial charge is 0.492 e. The fraction of sp³-hybridized carbons (Fsp3) is 0.462. The van der Waals surface area contributed by atoms with E-state index in [0.29, 0.717) is 0 Å². The molecule has 0 bridgehead atoms. The van der Waals surface area contributed by atoms with Crippen LogP contribution in [0.4, 0.5) is 4.39 Å². The maximum absolute atomic E-state index is 13.1. The van der Waals surface area contributed by atoms with Crippen molar-refractivity contribution in [2.75, 3.05) is 0 Å². The molecule has 0 aliphatic heterocycles. The molecule has 0 unspecified atom stereocenters. The van der Waals surface area contributed by atoms with E-state index in [-0.39, 0.29) is 11.0 Å². The standard InChI is InChI=1S/C13H19BFNO4/c1-12(2,18)13(3,4)20-14(19)10-6-5-8(15)7-9(10)11(16)17/h5-7,18-19H,1-4H3,(H2,16,17). The highest BCUT2D eigenvalue weighted by atomic mass is 19.1. The maximum atomic E-state index is 13.1. The molecule has 7 heteroatoms. The molecule has 20 heavy (non-hydrogen) atoms. The van der Waals surface area contributed by atoms with E-state index in [9.17, 15) is 19.3 Å². The highest BCUT2D eigenvalue weighted by Crippen LogP contribution is 2.25. The first-order valence-corrected chi connectivity index (χ1v) is 6.13. The number of halogens is 1. The van der Waals surface area contributed by atoms with Crippen molar-refractivity contribution in [1.29, 1.82) is 0 Å². The first-order chi connectivity index (χ1) is 8.95. The number of amides is 1. The van der Waals surface area contributed by atoms with Crippen LogP contribution >= 0.6 is 0 Å². The fourth-order valence-corrected chi connectivity index (χ4v) is 1.44. The minimum absolute atomic E-state index is 0.0521. The quantitative estimate of drug-likeness (QED) is 0.672. The third-order valence-corrected chi connectivity index (χ3v) is 3.43. The van der Waals surface area contributed by atoms with E-state index in [1.807, 2.05) is 0 Å². The number of hydrogen-bond donors (Lipinski definition) is 3. The highest BCUT2D eigenvalue weighted by Gasteiger charge is 2.40. The summed E-state index contributed by atoms with van der Waals surface area (Å²) in [6.07, 6.45) is 0. The summed E-state index contributed by atoms with van der Waals surface area (Å²) in [4.78, 5) is 11.3. The van der Waals surface area contributed by atoms with E-state index >= 15 is 0 Å². The number of hydrogen-bond acceptors (Lipinski definition) is 4. The van der Waals surface area contributed by atoms with Crippen LogP contribution in [0.5, 0.6) is 0 Å². The van der Waals surface area contributed by atoms with Gasteiger partial charge in [0.15, 0.2) is 0 Å². The van der Waals surface area contributed by atoms with Gasteiger partial charge in [-0.2, -0.15) is 0 Å². The Morgan fingerprint density at radius 1 is 1.35 bits per heavy atom. The Kier molecular flexibility index (Phi) is 4.58. The molecule has 0 aliphatic carbocycles. The number of benzene rings is 1. The average Bonchev–Trinajstić information content (AvgIpc) is 2.26. The van der Waals surface area contributed by atoms with Crippen LogP contribution in [-0.4, -0.2) is 34.4 Å². The molecule has 0 radical (unpaired) electrons. The molecule has 0 aliphatic rings. The summed E-state index contributed by atoms with van der Waals surface area (Å²) >= 11 is 0. The molecule has 0 saturated carbocycles. The average molecular weight is 283 g/mol. The van der Waals surface area contributed by atoms with Crippen molar-refractivity contribution in [3.05, 3.63) is 29.6 Å². The second-order valence-corrected chi connectivity index (χ2v) is 5.64. The lowest BCUT2D eigenvalue weighted by Crippen LogP contribution is -2.54. The summed E-state index contributed by atoms with van der Waals surface area (Å²) in [5.41, 5.74) is 2.70. The molecule has 0 aromatic heterocycles. The van der Waals surface area contributed by atoms with Crippen molar-refractivity contribution in [1.82, 2.24) is 0 Å². The van der Waals surface area contributed by atoms with E-state index in [2.05, 4.69) is 0 Å². The molecule has 0 fully saturated rings. The van der Waals surface area contributed by atoms with Crippen molar-refractivity contribution < 1.29 is 24.0 Å². The van der Waals surface area contributed by atoms with Crippen molar-refractivity contribution in [2.24, 2.45) is 5.73 Å². The van der Waals surface area contributed by atoms with Crippen LogP contribution in [0.15, 0.2) is 18.2 Å². The molecule has 0 spiro atoms. The van der Waals surface area contributed by atoms with Gasteiger partial charge in [0.25, 0.3) is 0 Å². The predicted octanol–water partition coefficient (Wildman–Crippen LogP) is 0.178. The molecule has 5 nitrogen and oxygen atoms in total. The molecule has 4 N–H and O–H groups in total. The SMILES string of the molecule is CC(C)(O)C(C)(C)OB(O)c1ccc(F)cc1C(N)=O. The van der Waals surface area contributed by atoms with Gasteiger partial charge >= 0.3 is 7.12 Å². The fourth-order valence-electron chi connectivity index (χ4n) is 1.44. The Morgan fingerprint density at radius 3 is 2.35 bits per heavy atom. The van der Waals surface area contributed by atoms with Crippen LogP contribution in [-0.2, 0) is 4.65 Å². The first kappa shape index (κ1) is 16.6. The van der Waals surface area contributed by atoms with Crippen molar-refractivity contribution >= 4 is 18.5 Å². The van der Waals surface area contributed by atoms with E-state index in [1.54, 1.807) is 13.8 Å². The predicted molar refractivity (Wildman–Crippen MR) is 74.0 cm³/mol. The molecular formula is C13H19BFNO4. The summed E-state index contributed by atoms with van der Waals surface area (Å²) < 4.78 is 18.5. The van der Waals surface area contributed by atoms with Gasteiger partial charge in [-0.25, -0.2) is 4.39 Å². The Morgan fingerprint density at radius 2 is 1.90 bits per heavy atom. The van der Waals surface area contributed by atoms with Crippen LogP contribution in [0, 0.1) is 5.82 Å². The molecule has 1 aromatic carbocycles. The molecule has 0 saturated heterocycles. The van der Waals surface area contributed by atoms with Gasteiger partial charge in [-0.05, 0) is 45.3 Å². The maximum Gasteiger partial charge on any atom is 0.492 e. The molecule has 0 atom stereocenters. The van der Waals surface area contributed by atoms with Gasteiger partial charge in [0.2, 0.25) is 5.91 Å². The lowest BCUT2D eigenvalue weighted by Gasteiger charge is -2.38. The second kappa shape index (κ2) is 5.51. The Labute approximate surface area is 117 Å². The molecule has 1 aromatic rings. The normalized spacial score (nSPS) is 12.3. The minimum atomic E-state index is -1.51. The summed E-state index contributed by atoms with van der Waals surface area (Å²) in [5, 5.41) is 20.1. The monoisotopic (exact) mass is 283 g/mol. The number of carbonyl (C=O) groups is 1. The number of nitrogens with two attached hydrogens (primary N) is 1. The van der Waals surface area contributed by atoms with Gasteiger partial charge in [0.05, 0.1) is 11.2 Å². The first-order valence-electron chi connectivity index (χ1n) is 6.13. The topological polar surface area (TPSA) is 92.8 Å². The van der Waals surface area contributed by atoms with E-state index in [4.69, 9.17) is 10.4 Å². The van der Waals surface area contributed by atoms with Crippen LogP contribution in [0.2, 0.25) is 0 Å². The number of aliphatic hydroxyl groups is 1. The van der Waals surface area contributed by atoms with Gasteiger partial charge in [0.1, 0.15) is 5.82 Å². The van der Waals surface area contributed by atoms with Gasteiger partial charge in [-0.3, -0.25) is 4.79 Å². The summed E-state index contributed by atoms with van der Waals surface area (Å²) in [7, 11) is -1.51. The third-order valence-electron chi connectivity index (χ3n) is 3.43. The van der Waals surface area contributed by atoms with Crippen molar-refractivity contribution in [2.45, 2.75) is 38.9 Å². The molecule has 110 valence electrons. The van der Waals surface area contributed by atoms with Crippen LogP contribution < -0.4 is 11.2 Å². The van der Waals surface area contributed by atoms with Gasteiger partial charge in [-0.1, -0.05) is 6.07 Å². The number of primary amides is 1. The van der Waals surface area contributed by atoms with Crippen molar-refractivity contribution in [3.63, 3.8) is 0 Å². The molecule has 1 amide bonds. The van der Waals surface area contributed by atoms with Crippen LogP contribution in [0.1, 0.15) is 38.1 Å². The number of carbonyl (C=O) groups excluding carboxylic acids is 1. The zero-order valence-corrected chi connectivity index (χ0v) is 12.0. The summed E-state index contributed by atoms with van der Waals surface area (Å²) in [6, 6.07) is 3.24. The van der Waals surface area contributed by atoms with E-state index < -0.39 is 30.0 Å². The van der Waals surface area contributed by atoms with E-state index in [0.717, 1.165) is 12.1 Å². The van der Waals surface area contributed by atoms with E-state index in [1.165, 1.54) is 19.9 Å². The van der Waals surface area contributed by atoms with Crippen LogP contribution in [0.3, 0.4) is 0 Å². The van der Waals surface area contributed by atoms with Gasteiger partial charge < -0.3 is 20.5 Å². The summed E-state index contributed by atoms with van der Waals surface area (Å²) in [5.74, 6) is -1.51. The summed E-state index contributed by atoms with van der Waals surface area (Å²) in [6.45, 7) is 6.23. The van der Waals surface area contributed by atoms with Gasteiger partial charge in [0, 0.05) is 5.56 Å². The third kappa shape index (κ3) is 3.56. The zero-order valence-electron chi connectivity index (χ0n) is 12.0. The molecule has 1 rings (SSSR count). The lowest BCUT2D eigenvalue weighted by molar-refractivity contribution is -0.0982. The highest BCUT2D eigenvalue weighted by molar-refractivity contribution is 6.61. The molecule has 0 heterocycles. The zero-order chi connectivity index (χ0) is 15.7. The van der Waals surface area contributed by atoms with Crippen LogP contribution in [0.25, 0.3) is 0 Å². The van der Waals surface area contributed by atoms with Gasteiger partial charge in [-0.15, -0.1) is 0 Å². The van der Waals surface area contributed by atoms with Crippen molar-refractivity contribution in [3.8, 4) is 0 Å². The number of rotatable bonds is 5. The Hall–Kier alpha value is -1.44. The second-order valence-electron chi connectivity index (χ2n) is 5.64.